The second-order valence-corrected chi connectivity index (χ2v) is 7.37. The van der Waals surface area contributed by atoms with Crippen LogP contribution < -0.4 is 10.9 Å². The molecule has 0 bridgehead atoms. The number of hydrogen-bond acceptors (Lipinski definition) is 4. The van der Waals surface area contributed by atoms with Crippen molar-refractivity contribution in [2.45, 2.75) is 43.8 Å². The molecule has 1 unspecified atom stereocenters. The minimum atomic E-state index is -0.111. The number of carbonyl (C=O) groups is 1. The highest BCUT2D eigenvalue weighted by Crippen LogP contribution is 2.34. The first-order valence-electron chi connectivity index (χ1n) is 8.26. The number of benzene rings is 1. The molecular weight excluding hydrogens is 322 g/mol. The van der Waals surface area contributed by atoms with Gasteiger partial charge in [0.15, 0.2) is 5.16 Å². The summed E-state index contributed by atoms with van der Waals surface area (Å²) in [6, 6.07) is 7.60. The van der Waals surface area contributed by atoms with Crippen LogP contribution in [0.4, 0.5) is 5.69 Å². The third kappa shape index (κ3) is 2.65. The molecule has 6 heteroatoms. The predicted octanol–water partition coefficient (Wildman–Crippen LogP) is 2.72. The van der Waals surface area contributed by atoms with Crippen molar-refractivity contribution in [3.63, 3.8) is 0 Å². The van der Waals surface area contributed by atoms with E-state index in [-0.39, 0.29) is 17.5 Å². The van der Waals surface area contributed by atoms with Gasteiger partial charge in [0.1, 0.15) is 0 Å². The van der Waals surface area contributed by atoms with Gasteiger partial charge >= 0.3 is 0 Å². The lowest BCUT2D eigenvalue weighted by atomic mass is 10.1. The van der Waals surface area contributed by atoms with Crippen molar-refractivity contribution in [3.8, 4) is 0 Å². The summed E-state index contributed by atoms with van der Waals surface area (Å²) in [5.74, 6) is 0.668. The van der Waals surface area contributed by atoms with Crippen LogP contribution in [-0.2, 0) is 17.6 Å². The summed E-state index contributed by atoms with van der Waals surface area (Å²) in [6.07, 6.45) is 3.02. The highest BCUT2D eigenvalue weighted by atomic mass is 32.2. The van der Waals surface area contributed by atoms with E-state index in [0.29, 0.717) is 6.42 Å². The van der Waals surface area contributed by atoms with Gasteiger partial charge in [0.2, 0.25) is 5.91 Å². The topological polar surface area (TPSA) is 64.0 Å². The summed E-state index contributed by atoms with van der Waals surface area (Å²) in [6.45, 7) is 1.97. The third-order valence-electron chi connectivity index (χ3n) is 4.71. The molecule has 1 aliphatic heterocycles. The minimum Gasteiger partial charge on any atom is -0.326 e. The first kappa shape index (κ1) is 15.4. The van der Waals surface area contributed by atoms with Crippen LogP contribution in [0.5, 0.6) is 0 Å². The van der Waals surface area contributed by atoms with Crippen molar-refractivity contribution in [3.05, 3.63) is 51.4 Å². The Morgan fingerprint density at radius 2 is 2.21 bits per heavy atom. The number of rotatable bonds is 3. The van der Waals surface area contributed by atoms with E-state index >= 15 is 0 Å². The van der Waals surface area contributed by atoms with Crippen molar-refractivity contribution < 1.29 is 4.79 Å². The van der Waals surface area contributed by atoms with Crippen molar-refractivity contribution >= 4 is 23.4 Å². The number of hydrogen-bond donors (Lipinski definition) is 1. The van der Waals surface area contributed by atoms with Crippen molar-refractivity contribution in [2.75, 3.05) is 11.1 Å². The molecule has 2 aliphatic rings. The third-order valence-corrected chi connectivity index (χ3v) is 5.81. The molecule has 0 radical (unpaired) electrons. The first-order chi connectivity index (χ1) is 11.6. The molecule has 5 nitrogen and oxygen atoms in total. The van der Waals surface area contributed by atoms with Crippen LogP contribution in [0.25, 0.3) is 0 Å². The van der Waals surface area contributed by atoms with E-state index in [0.717, 1.165) is 52.7 Å². The van der Waals surface area contributed by atoms with Crippen LogP contribution in [0.15, 0.2) is 34.2 Å². The smallest absolute Gasteiger partial charge is 0.257 e. The van der Waals surface area contributed by atoms with Gasteiger partial charge in [-0.25, -0.2) is 4.98 Å². The zero-order valence-corrected chi connectivity index (χ0v) is 14.4. The van der Waals surface area contributed by atoms with E-state index in [1.54, 1.807) is 16.3 Å². The van der Waals surface area contributed by atoms with Crippen LogP contribution >= 0.6 is 11.8 Å². The fourth-order valence-electron chi connectivity index (χ4n) is 3.43. The van der Waals surface area contributed by atoms with Crippen LogP contribution in [0, 0.1) is 6.92 Å². The zero-order valence-electron chi connectivity index (χ0n) is 13.5. The predicted molar refractivity (Wildman–Crippen MR) is 94.7 cm³/mol. The van der Waals surface area contributed by atoms with Crippen molar-refractivity contribution in [2.24, 2.45) is 0 Å². The van der Waals surface area contributed by atoms with Gasteiger partial charge in [-0.05, 0) is 37.8 Å². The van der Waals surface area contributed by atoms with E-state index in [1.165, 1.54) is 0 Å². The Balaban J connectivity index is 1.55. The van der Waals surface area contributed by atoms with Crippen LogP contribution in [-0.4, -0.2) is 21.2 Å². The summed E-state index contributed by atoms with van der Waals surface area (Å²) >= 11 is 1.58. The molecule has 0 saturated carbocycles. The van der Waals surface area contributed by atoms with Crippen LogP contribution in [0.1, 0.15) is 35.7 Å². The maximum atomic E-state index is 12.7. The van der Waals surface area contributed by atoms with Crippen molar-refractivity contribution in [1.82, 2.24) is 9.55 Å². The highest BCUT2D eigenvalue weighted by molar-refractivity contribution is 7.99. The van der Waals surface area contributed by atoms with Gasteiger partial charge in [-0.1, -0.05) is 30.0 Å². The van der Waals surface area contributed by atoms with Gasteiger partial charge in [0.05, 0.1) is 11.7 Å². The van der Waals surface area contributed by atoms with Gasteiger partial charge in [-0.2, -0.15) is 0 Å². The van der Waals surface area contributed by atoms with Gasteiger partial charge in [-0.15, -0.1) is 0 Å². The van der Waals surface area contributed by atoms with Gasteiger partial charge in [0, 0.05) is 23.4 Å². The van der Waals surface area contributed by atoms with E-state index in [4.69, 9.17) is 0 Å². The molecular formula is C18H19N3O2S. The maximum Gasteiger partial charge on any atom is 0.257 e. The average Bonchev–Trinajstić information content (AvgIpc) is 3.17. The van der Waals surface area contributed by atoms with Gasteiger partial charge in [-0.3, -0.25) is 14.2 Å². The quantitative estimate of drug-likeness (QED) is 0.872. The summed E-state index contributed by atoms with van der Waals surface area (Å²) in [5, 5.41) is 3.73. The van der Waals surface area contributed by atoms with Crippen LogP contribution in [0.2, 0.25) is 0 Å². The van der Waals surface area contributed by atoms with E-state index in [2.05, 4.69) is 10.3 Å². The Kier molecular flexibility index (Phi) is 3.92. The highest BCUT2D eigenvalue weighted by Gasteiger charge is 2.31. The lowest BCUT2D eigenvalue weighted by molar-refractivity contribution is -0.116. The molecule has 4 rings (SSSR count). The van der Waals surface area contributed by atoms with Gasteiger partial charge in [0.25, 0.3) is 5.56 Å². The molecule has 1 atom stereocenters. The molecule has 0 saturated heterocycles. The molecule has 2 heterocycles. The maximum absolute atomic E-state index is 12.7. The van der Waals surface area contributed by atoms with Crippen molar-refractivity contribution in [1.29, 1.82) is 0 Å². The number of aromatic nitrogens is 2. The number of fused-ring (bicyclic) bond motifs is 2. The molecule has 1 aromatic carbocycles. The number of carbonyl (C=O) groups excluding carboxylic acids is 1. The normalized spacial score (nSPS) is 18.3. The van der Waals surface area contributed by atoms with Gasteiger partial charge < -0.3 is 5.32 Å². The lowest BCUT2D eigenvalue weighted by Gasteiger charge is -2.15. The SMILES string of the molecule is Cc1ccccc1NC(=O)CC1CSc2nc3c(c(=O)n21)CCC3. The number of nitrogens with one attached hydrogen (secondary N) is 1. The van der Waals surface area contributed by atoms with Crippen LogP contribution in [0.3, 0.4) is 0 Å². The number of anilines is 1. The summed E-state index contributed by atoms with van der Waals surface area (Å²) in [5.41, 5.74) is 3.73. The number of nitrogens with zero attached hydrogens (tertiary/aromatic N) is 2. The molecule has 2 aromatic rings. The Labute approximate surface area is 144 Å². The van der Waals surface area contributed by atoms with E-state index < -0.39 is 0 Å². The number of thioether (sulfide) groups is 1. The average molecular weight is 341 g/mol. The Morgan fingerprint density at radius 3 is 3.04 bits per heavy atom. The molecule has 0 spiro atoms. The Hall–Kier alpha value is -2.08. The second kappa shape index (κ2) is 6.09. The second-order valence-electron chi connectivity index (χ2n) is 6.38. The summed E-state index contributed by atoms with van der Waals surface area (Å²) < 4.78 is 1.74. The molecule has 1 aromatic heterocycles. The monoisotopic (exact) mass is 341 g/mol. The molecule has 0 fully saturated rings. The Bertz CT molecular complexity index is 875. The molecule has 24 heavy (non-hydrogen) atoms. The van der Waals surface area contributed by atoms with E-state index in [1.807, 2.05) is 31.2 Å². The minimum absolute atomic E-state index is 0.0600. The number of amides is 1. The fourth-order valence-corrected chi connectivity index (χ4v) is 4.59. The summed E-state index contributed by atoms with van der Waals surface area (Å²) in [7, 11) is 0. The number of aryl methyl sites for hydroxylation is 2. The molecule has 1 N–H and O–H groups in total. The molecule has 1 aliphatic carbocycles. The molecule has 124 valence electrons. The molecule has 1 amide bonds. The summed E-state index contributed by atoms with van der Waals surface area (Å²) in [4.78, 5) is 29.8. The van der Waals surface area contributed by atoms with E-state index in [9.17, 15) is 9.59 Å². The largest absolute Gasteiger partial charge is 0.326 e. The lowest BCUT2D eigenvalue weighted by Crippen LogP contribution is -2.30. The zero-order chi connectivity index (χ0) is 16.7. The Morgan fingerprint density at radius 1 is 1.38 bits per heavy atom. The number of para-hydroxylation sites is 1. The first-order valence-corrected chi connectivity index (χ1v) is 9.24. The standard InChI is InChI=1S/C18H19N3O2S/c1-11-5-2-3-7-14(11)19-16(22)9-12-10-24-18-20-15-8-4-6-13(15)17(23)21(12)18/h2-3,5,7,12H,4,6,8-10H2,1H3,(H,19,22). The fraction of sp³-hybridized carbons (Fsp3) is 0.389.